The van der Waals surface area contributed by atoms with E-state index in [0.29, 0.717) is 22.2 Å². The molecule has 0 heterocycles. The van der Waals surface area contributed by atoms with E-state index >= 15 is 0 Å². The zero-order valence-corrected chi connectivity index (χ0v) is 16.7. The number of benzene rings is 2. The first-order valence-electron chi connectivity index (χ1n) is 8.16. The summed E-state index contributed by atoms with van der Waals surface area (Å²) in [5.41, 5.74) is 3.03. The smallest absolute Gasteiger partial charge is 0.311 e. The van der Waals surface area contributed by atoms with Gasteiger partial charge in [0, 0.05) is 16.1 Å². The number of hydrogen-bond donors (Lipinski definition) is 2. The van der Waals surface area contributed by atoms with E-state index in [1.54, 1.807) is 32.0 Å². The number of carbonyl (C=O) groups is 1. The molecular formula is C18H18BrN3O6. The molecule has 0 unspecified atom stereocenters. The number of amides is 1. The molecule has 10 heteroatoms. The highest BCUT2D eigenvalue weighted by atomic mass is 79.9. The molecule has 2 N–H and O–H groups in total. The molecule has 148 valence electrons. The first-order chi connectivity index (χ1) is 13.3. The molecule has 0 aliphatic rings. The van der Waals surface area contributed by atoms with Gasteiger partial charge in [-0.3, -0.25) is 14.9 Å². The van der Waals surface area contributed by atoms with Crippen LogP contribution in [-0.4, -0.2) is 35.4 Å². The Morgan fingerprint density at radius 1 is 1.32 bits per heavy atom. The summed E-state index contributed by atoms with van der Waals surface area (Å²) in [6.07, 6.45) is 1.24. The van der Waals surface area contributed by atoms with E-state index in [1.165, 1.54) is 18.3 Å². The van der Waals surface area contributed by atoms with E-state index < -0.39 is 17.4 Å². The molecule has 2 aromatic carbocycles. The average molecular weight is 452 g/mol. The molecule has 0 fully saturated rings. The van der Waals surface area contributed by atoms with E-state index in [4.69, 9.17) is 9.47 Å². The molecule has 0 aliphatic heterocycles. The van der Waals surface area contributed by atoms with Crippen molar-refractivity contribution in [3.05, 3.63) is 56.0 Å². The number of rotatable bonds is 8. The van der Waals surface area contributed by atoms with Gasteiger partial charge in [-0.1, -0.05) is 22.0 Å². The lowest BCUT2D eigenvalue weighted by Gasteiger charge is -2.09. The maximum absolute atomic E-state index is 11.9. The molecule has 0 atom stereocenters. The van der Waals surface area contributed by atoms with Crippen LogP contribution in [0.3, 0.4) is 0 Å². The summed E-state index contributed by atoms with van der Waals surface area (Å²) in [6.45, 7) is 3.41. The van der Waals surface area contributed by atoms with Crippen LogP contribution in [0.5, 0.6) is 17.2 Å². The number of aryl methyl sites for hydroxylation is 1. The molecule has 0 saturated heterocycles. The molecular weight excluding hydrogens is 434 g/mol. The number of hydrogen-bond acceptors (Lipinski definition) is 7. The van der Waals surface area contributed by atoms with Crippen molar-refractivity contribution < 1.29 is 24.3 Å². The highest BCUT2D eigenvalue weighted by Crippen LogP contribution is 2.33. The molecule has 28 heavy (non-hydrogen) atoms. The first-order valence-corrected chi connectivity index (χ1v) is 8.96. The quantitative estimate of drug-likeness (QED) is 0.360. The molecule has 1 amide bonds. The van der Waals surface area contributed by atoms with Crippen molar-refractivity contribution in [3.8, 4) is 17.2 Å². The van der Waals surface area contributed by atoms with Crippen molar-refractivity contribution in [2.75, 3.05) is 13.2 Å². The fraction of sp³-hybridized carbons (Fsp3) is 0.222. The highest BCUT2D eigenvalue weighted by molar-refractivity contribution is 9.10. The van der Waals surface area contributed by atoms with E-state index in [1.807, 2.05) is 0 Å². The van der Waals surface area contributed by atoms with Crippen LogP contribution in [0, 0.1) is 17.0 Å². The Hall–Kier alpha value is -3.14. The largest absolute Gasteiger partial charge is 0.504 e. The Morgan fingerprint density at radius 3 is 2.75 bits per heavy atom. The number of nitrogens with zero attached hydrogens (tertiary/aromatic N) is 2. The van der Waals surface area contributed by atoms with Gasteiger partial charge in [0.1, 0.15) is 0 Å². The van der Waals surface area contributed by atoms with Gasteiger partial charge < -0.3 is 14.6 Å². The predicted octanol–water partition coefficient (Wildman–Crippen LogP) is 3.30. The summed E-state index contributed by atoms with van der Waals surface area (Å²) in [6, 6.07) is 7.64. The van der Waals surface area contributed by atoms with Gasteiger partial charge in [0.15, 0.2) is 23.9 Å². The zero-order chi connectivity index (χ0) is 20.7. The van der Waals surface area contributed by atoms with Gasteiger partial charge >= 0.3 is 5.69 Å². The molecule has 2 aromatic rings. The maximum atomic E-state index is 11.9. The summed E-state index contributed by atoms with van der Waals surface area (Å²) >= 11 is 3.30. The van der Waals surface area contributed by atoms with Crippen molar-refractivity contribution in [2.45, 2.75) is 13.8 Å². The van der Waals surface area contributed by atoms with Crippen molar-refractivity contribution in [3.63, 3.8) is 0 Å². The molecule has 0 aliphatic carbocycles. The number of aromatic hydroxyl groups is 1. The van der Waals surface area contributed by atoms with Crippen LogP contribution in [-0.2, 0) is 4.79 Å². The number of nitro groups is 1. The predicted molar refractivity (Wildman–Crippen MR) is 106 cm³/mol. The van der Waals surface area contributed by atoms with E-state index in [9.17, 15) is 20.0 Å². The normalized spacial score (nSPS) is 10.7. The van der Waals surface area contributed by atoms with Gasteiger partial charge in [0.25, 0.3) is 5.91 Å². The van der Waals surface area contributed by atoms with Gasteiger partial charge in [0.05, 0.1) is 17.7 Å². The van der Waals surface area contributed by atoms with E-state index in [-0.39, 0.29) is 22.9 Å². The Morgan fingerprint density at radius 2 is 2.07 bits per heavy atom. The minimum atomic E-state index is -0.620. The molecule has 2 rings (SSSR count). The molecule has 9 nitrogen and oxygen atoms in total. The van der Waals surface area contributed by atoms with Crippen LogP contribution in [0.4, 0.5) is 5.69 Å². The van der Waals surface area contributed by atoms with E-state index in [0.717, 1.165) is 0 Å². The monoisotopic (exact) mass is 451 g/mol. The van der Waals surface area contributed by atoms with Crippen LogP contribution in [0.25, 0.3) is 0 Å². The van der Waals surface area contributed by atoms with Crippen LogP contribution in [0.1, 0.15) is 18.1 Å². The number of carbonyl (C=O) groups excluding carboxylic acids is 1. The molecule has 0 spiro atoms. The summed E-state index contributed by atoms with van der Waals surface area (Å²) in [4.78, 5) is 22.3. The molecule has 0 radical (unpaired) electrons. The lowest BCUT2D eigenvalue weighted by Crippen LogP contribution is -2.24. The zero-order valence-electron chi connectivity index (χ0n) is 15.1. The third-order valence-electron chi connectivity index (χ3n) is 3.43. The van der Waals surface area contributed by atoms with Crippen LogP contribution < -0.4 is 14.9 Å². The molecule has 0 saturated carbocycles. The van der Waals surface area contributed by atoms with Gasteiger partial charge in [-0.05, 0) is 37.6 Å². The van der Waals surface area contributed by atoms with Crippen molar-refractivity contribution in [1.29, 1.82) is 0 Å². The standard InChI is InChI=1S/C18H18BrN3O6/c1-3-27-16-8-13(19)7-12(18(16)24)9-20-21-17(23)10-28-15-5-4-11(2)6-14(15)22(25)26/h4-9,24H,3,10H2,1-2H3,(H,21,23). The summed E-state index contributed by atoms with van der Waals surface area (Å²) in [5, 5.41) is 24.9. The van der Waals surface area contributed by atoms with Crippen molar-refractivity contribution >= 4 is 33.7 Å². The second kappa shape index (κ2) is 9.70. The fourth-order valence-electron chi connectivity index (χ4n) is 2.20. The number of halogens is 1. The van der Waals surface area contributed by atoms with Crippen molar-refractivity contribution in [2.24, 2.45) is 5.10 Å². The Balaban J connectivity index is 1.99. The Kier molecular flexibility index (Phi) is 7.33. The number of nitrogens with one attached hydrogen (secondary N) is 1. The van der Waals surface area contributed by atoms with Gasteiger partial charge in [-0.2, -0.15) is 5.10 Å². The average Bonchev–Trinajstić information content (AvgIpc) is 2.64. The van der Waals surface area contributed by atoms with Crippen LogP contribution >= 0.6 is 15.9 Å². The summed E-state index contributed by atoms with van der Waals surface area (Å²) in [5.74, 6) is -0.472. The second-order valence-corrected chi connectivity index (χ2v) is 6.50. The Labute approximate surface area is 169 Å². The third kappa shape index (κ3) is 5.68. The number of nitro benzene ring substituents is 1. The number of ether oxygens (including phenoxy) is 2. The Bertz CT molecular complexity index is 916. The molecule has 0 bridgehead atoms. The maximum Gasteiger partial charge on any atom is 0.311 e. The van der Waals surface area contributed by atoms with E-state index in [2.05, 4.69) is 26.5 Å². The summed E-state index contributed by atoms with van der Waals surface area (Å²) < 4.78 is 11.2. The molecule has 0 aromatic heterocycles. The number of phenolic OH excluding ortho intramolecular Hbond substituents is 1. The SMILES string of the molecule is CCOc1cc(Br)cc(C=NNC(=O)COc2ccc(C)cc2[N+](=O)[O-])c1O. The lowest BCUT2D eigenvalue weighted by molar-refractivity contribution is -0.385. The lowest BCUT2D eigenvalue weighted by atomic mass is 10.2. The fourth-order valence-corrected chi connectivity index (χ4v) is 2.65. The summed E-state index contributed by atoms with van der Waals surface area (Å²) in [7, 11) is 0. The van der Waals surface area contributed by atoms with Gasteiger partial charge in [-0.15, -0.1) is 0 Å². The number of hydrazone groups is 1. The minimum Gasteiger partial charge on any atom is -0.504 e. The van der Waals surface area contributed by atoms with Gasteiger partial charge in [-0.25, -0.2) is 5.43 Å². The number of phenols is 1. The van der Waals surface area contributed by atoms with Crippen LogP contribution in [0.2, 0.25) is 0 Å². The van der Waals surface area contributed by atoms with Gasteiger partial charge in [0.2, 0.25) is 0 Å². The minimum absolute atomic E-state index is 0.0132. The second-order valence-electron chi connectivity index (χ2n) is 5.58. The third-order valence-corrected chi connectivity index (χ3v) is 3.89. The topological polar surface area (TPSA) is 123 Å². The first kappa shape index (κ1) is 21.2. The van der Waals surface area contributed by atoms with Crippen LogP contribution in [0.15, 0.2) is 39.9 Å². The van der Waals surface area contributed by atoms with Crippen molar-refractivity contribution in [1.82, 2.24) is 5.43 Å². The highest BCUT2D eigenvalue weighted by Gasteiger charge is 2.16.